The maximum atomic E-state index is 10.2. The summed E-state index contributed by atoms with van der Waals surface area (Å²) < 4.78 is 1.48. The fourth-order valence-corrected chi connectivity index (χ4v) is 0.831. The van der Waals surface area contributed by atoms with Gasteiger partial charge in [0.25, 0.3) is 0 Å². The van der Waals surface area contributed by atoms with Crippen molar-refractivity contribution in [3.8, 4) is 0 Å². The molecule has 1 aromatic rings. The Hall–Kier alpha value is -1.46. The second-order valence-electron chi connectivity index (χ2n) is 2.92. The van der Waals surface area contributed by atoms with Crippen molar-refractivity contribution in [2.75, 3.05) is 0 Å². The number of rotatable bonds is 3. The van der Waals surface area contributed by atoms with Crippen LogP contribution in [0.5, 0.6) is 0 Å². The first-order valence-corrected chi connectivity index (χ1v) is 3.63. The van der Waals surface area contributed by atoms with Crippen LogP contribution in [0.2, 0.25) is 0 Å². The Balaban J connectivity index is 2.71. The standard InChI is InChI=1S/C6H10N4O2/c1-5(2)3-9-4-7-6(8-9)10(11)12/h4-5H,3H2,1-2H3. The average Bonchev–Trinajstić information content (AvgIpc) is 2.34. The van der Waals surface area contributed by atoms with E-state index in [-0.39, 0.29) is 5.95 Å². The van der Waals surface area contributed by atoms with Crippen LogP contribution in [0.15, 0.2) is 6.33 Å². The number of hydrogen-bond donors (Lipinski definition) is 0. The van der Waals surface area contributed by atoms with Crippen LogP contribution < -0.4 is 0 Å². The number of nitrogens with zero attached hydrogens (tertiary/aromatic N) is 4. The van der Waals surface area contributed by atoms with Gasteiger partial charge in [0.1, 0.15) is 0 Å². The summed E-state index contributed by atoms with van der Waals surface area (Å²) in [5.41, 5.74) is 0. The van der Waals surface area contributed by atoms with Crippen molar-refractivity contribution in [3.63, 3.8) is 0 Å². The van der Waals surface area contributed by atoms with Gasteiger partial charge in [-0.3, -0.25) is 0 Å². The maximum absolute atomic E-state index is 10.2. The monoisotopic (exact) mass is 170 g/mol. The molecule has 0 aliphatic rings. The first-order chi connectivity index (χ1) is 5.59. The highest BCUT2D eigenvalue weighted by atomic mass is 16.6. The molecule has 1 heterocycles. The largest absolute Gasteiger partial charge is 0.490 e. The Morgan fingerprint density at radius 1 is 1.75 bits per heavy atom. The molecule has 0 saturated carbocycles. The van der Waals surface area contributed by atoms with E-state index in [0.717, 1.165) is 0 Å². The summed E-state index contributed by atoms with van der Waals surface area (Å²) in [7, 11) is 0. The molecule has 12 heavy (non-hydrogen) atoms. The van der Waals surface area contributed by atoms with Crippen LogP contribution in [-0.4, -0.2) is 19.7 Å². The molecule has 0 amide bonds. The van der Waals surface area contributed by atoms with Gasteiger partial charge in [-0.2, -0.15) is 4.68 Å². The average molecular weight is 170 g/mol. The third kappa shape index (κ3) is 2.01. The molecule has 6 nitrogen and oxygen atoms in total. The number of nitro groups is 1. The second kappa shape index (κ2) is 3.29. The molecule has 0 N–H and O–H groups in total. The summed E-state index contributed by atoms with van der Waals surface area (Å²) >= 11 is 0. The van der Waals surface area contributed by atoms with Gasteiger partial charge in [0.05, 0.1) is 6.54 Å². The Bertz CT molecular complexity index is 281. The number of hydrogen-bond acceptors (Lipinski definition) is 4. The lowest BCUT2D eigenvalue weighted by Gasteiger charge is -1.98. The van der Waals surface area contributed by atoms with Crippen LogP contribution in [-0.2, 0) is 6.54 Å². The van der Waals surface area contributed by atoms with Crippen LogP contribution in [0.4, 0.5) is 5.95 Å². The molecule has 0 aromatic carbocycles. The molecule has 0 fully saturated rings. The summed E-state index contributed by atoms with van der Waals surface area (Å²) in [5, 5.41) is 13.8. The van der Waals surface area contributed by atoms with E-state index < -0.39 is 4.92 Å². The maximum Gasteiger partial charge on any atom is 0.490 e. The normalized spacial score (nSPS) is 10.6. The molecular formula is C6H10N4O2. The van der Waals surface area contributed by atoms with E-state index in [1.54, 1.807) is 0 Å². The lowest BCUT2D eigenvalue weighted by atomic mass is 10.2. The summed E-state index contributed by atoms with van der Waals surface area (Å²) in [4.78, 5) is 13.1. The van der Waals surface area contributed by atoms with Crippen LogP contribution in [0.3, 0.4) is 0 Å². The van der Waals surface area contributed by atoms with Crippen molar-refractivity contribution in [3.05, 3.63) is 16.4 Å². The van der Waals surface area contributed by atoms with Crippen molar-refractivity contribution in [2.24, 2.45) is 5.92 Å². The molecule has 0 saturated heterocycles. The van der Waals surface area contributed by atoms with E-state index >= 15 is 0 Å². The third-order valence-corrected chi connectivity index (χ3v) is 1.24. The van der Waals surface area contributed by atoms with Gasteiger partial charge >= 0.3 is 5.95 Å². The third-order valence-electron chi connectivity index (χ3n) is 1.24. The fraction of sp³-hybridized carbons (Fsp3) is 0.667. The summed E-state index contributed by atoms with van der Waals surface area (Å²) in [6, 6.07) is 0. The first kappa shape index (κ1) is 8.63. The Labute approximate surface area is 69.4 Å². The van der Waals surface area contributed by atoms with E-state index in [0.29, 0.717) is 12.5 Å². The van der Waals surface area contributed by atoms with Crippen LogP contribution in [0.1, 0.15) is 13.8 Å². The second-order valence-corrected chi connectivity index (χ2v) is 2.92. The Kier molecular flexibility index (Phi) is 2.37. The van der Waals surface area contributed by atoms with E-state index in [1.807, 2.05) is 13.8 Å². The van der Waals surface area contributed by atoms with Crippen molar-refractivity contribution >= 4 is 5.95 Å². The minimum absolute atomic E-state index is 0.337. The van der Waals surface area contributed by atoms with Crippen LogP contribution >= 0.6 is 0 Å². The molecule has 0 spiro atoms. The molecule has 1 rings (SSSR count). The lowest BCUT2D eigenvalue weighted by Crippen LogP contribution is -2.05. The molecule has 0 bridgehead atoms. The van der Waals surface area contributed by atoms with Gasteiger partial charge in [0.2, 0.25) is 6.33 Å². The molecule has 0 radical (unpaired) electrons. The zero-order chi connectivity index (χ0) is 9.14. The minimum atomic E-state index is -0.600. The molecule has 0 aliphatic heterocycles. The van der Waals surface area contributed by atoms with Gasteiger partial charge in [-0.1, -0.05) is 18.8 Å². The van der Waals surface area contributed by atoms with Crippen molar-refractivity contribution in [2.45, 2.75) is 20.4 Å². The van der Waals surface area contributed by atoms with Gasteiger partial charge in [0, 0.05) is 5.10 Å². The van der Waals surface area contributed by atoms with Crippen molar-refractivity contribution in [1.29, 1.82) is 0 Å². The molecule has 66 valence electrons. The highest BCUT2D eigenvalue weighted by Crippen LogP contribution is 2.02. The molecule has 1 aromatic heterocycles. The topological polar surface area (TPSA) is 73.8 Å². The number of aromatic nitrogens is 3. The molecule has 6 heteroatoms. The predicted octanol–water partition coefficient (Wildman–Crippen LogP) is 0.842. The van der Waals surface area contributed by atoms with Gasteiger partial charge < -0.3 is 10.1 Å². The smallest absolute Gasteiger partial charge is 0.390 e. The first-order valence-electron chi connectivity index (χ1n) is 3.63. The zero-order valence-corrected chi connectivity index (χ0v) is 6.97. The zero-order valence-electron chi connectivity index (χ0n) is 6.97. The quantitative estimate of drug-likeness (QED) is 0.497. The van der Waals surface area contributed by atoms with Gasteiger partial charge in [-0.15, -0.1) is 0 Å². The van der Waals surface area contributed by atoms with Crippen LogP contribution in [0.25, 0.3) is 0 Å². The van der Waals surface area contributed by atoms with Gasteiger partial charge in [-0.25, -0.2) is 0 Å². The molecule has 0 unspecified atom stereocenters. The molecular weight excluding hydrogens is 160 g/mol. The van der Waals surface area contributed by atoms with E-state index in [9.17, 15) is 10.1 Å². The SMILES string of the molecule is CC(C)Cn1cnc([N+](=O)[O-])n1. The predicted molar refractivity (Wildman–Crippen MR) is 41.5 cm³/mol. The van der Waals surface area contributed by atoms with Gasteiger partial charge in [0.15, 0.2) is 0 Å². The Morgan fingerprint density at radius 3 is 2.83 bits per heavy atom. The van der Waals surface area contributed by atoms with Gasteiger partial charge in [-0.05, 0) is 10.8 Å². The van der Waals surface area contributed by atoms with Crippen molar-refractivity contribution in [1.82, 2.24) is 14.8 Å². The minimum Gasteiger partial charge on any atom is -0.390 e. The summed E-state index contributed by atoms with van der Waals surface area (Å²) in [6.07, 6.45) is 1.37. The summed E-state index contributed by atoms with van der Waals surface area (Å²) in [5.74, 6) is 0.0713. The molecule has 0 aliphatic carbocycles. The molecule has 0 atom stereocenters. The fourth-order valence-electron chi connectivity index (χ4n) is 0.831. The lowest BCUT2D eigenvalue weighted by molar-refractivity contribution is -0.394. The van der Waals surface area contributed by atoms with Crippen molar-refractivity contribution < 1.29 is 4.92 Å². The Morgan fingerprint density at radius 2 is 2.42 bits per heavy atom. The highest BCUT2D eigenvalue weighted by molar-refractivity contribution is 4.96. The summed E-state index contributed by atoms with van der Waals surface area (Å²) in [6.45, 7) is 4.67. The van der Waals surface area contributed by atoms with E-state index in [1.165, 1.54) is 11.0 Å². The van der Waals surface area contributed by atoms with Crippen LogP contribution in [0, 0.1) is 16.0 Å². The van der Waals surface area contributed by atoms with E-state index in [2.05, 4.69) is 10.1 Å². The highest BCUT2D eigenvalue weighted by Gasteiger charge is 2.12. The van der Waals surface area contributed by atoms with E-state index in [4.69, 9.17) is 0 Å².